The zero-order chi connectivity index (χ0) is 8.34. The van der Waals surface area contributed by atoms with E-state index in [1.165, 1.54) is 25.7 Å². The Morgan fingerprint density at radius 2 is 1.67 bits per heavy atom. The van der Waals surface area contributed by atoms with Gasteiger partial charge in [0.05, 0.1) is 5.38 Å². The number of rotatable bonds is 2. The molecule has 3 aliphatic rings. The molecule has 0 aromatic rings. The van der Waals surface area contributed by atoms with Crippen LogP contribution in [0.2, 0.25) is 0 Å². The second-order valence-electron chi connectivity index (χ2n) is 4.67. The van der Waals surface area contributed by atoms with Crippen LogP contribution in [0.15, 0.2) is 0 Å². The molecule has 3 rings (SSSR count). The lowest BCUT2D eigenvalue weighted by Crippen LogP contribution is -2.53. The molecule has 2 heteroatoms. The predicted molar refractivity (Wildman–Crippen MR) is 47.1 cm³/mol. The van der Waals surface area contributed by atoms with Crippen LogP contribution in [-0.2, 0) is 4.79 Å². The topological polar surface area (TPSA) is 17.1 Å². The summed E-state index contributed by atoms with van der Waals surface area (Å²) < 4.78 is 0. The summed E-state index contributed by atoms with van der Waals surface area (Å²) in [6.07, 6.45) is 6.11. The van der Waals surface area contributed by atoms with Crippen LogP contribution in [0.5, 0.6) is 0 Å². The molecule has 3 saturated carbocycles. The van der Waals surface area contributed by atoms with Gasteiger partial charge in [-0.15, -0.1) is 11.6 Å². The molecule has 0 bridgehead atoms. The van der Waals surface area contributed by atoms with E-state index in [9.17, 15) is 4.79 Å². The minimum Gasteiger partial charge on any atom is -0.298 e. The van der Waals surface area contributed by atoms with Crippen LogP contribution in [0.4, 0.5) is 0 Å². The minimum absolute atomic E-state index is 0.113. The van der Waals surface area contributed by atoms with Crippen molar-refractivity contribution in [3.63, 3.8) is 0 Å². The summed E-state index contributed by atoms with van der Waals surface area (Å²) in [5.41, 5.74) is 0.290. The number of carbonyl (C=O) groups is 1. The Hall–Kier alpha value is -0.0400. The van der Waals surface area contributed by atoms with Gasteiger partial charge in [0.2, 0.25) is 0 Å². The maximum absolute atomic E-state index is 11.2. The lowest BCUT2D eigenvalue weighted by molar-refractivity contribution is -0.134. The zero-order valence-electron chi connectivity index (χ0n) is 7.05. The predicted octanol–water partition coefficient (Wildman–Crippen LogP) is 2.37. The average molecular weight is 185 g/mol. The van der Waals surface area contributed by atoms with Crippen LogP contribution in [0.25, 0.3) is 0 Å². The van der Waals surface area contributed by atoms with Crippen LogP contribution in [-0.4, -0.2) is 11.2 Å². The Kier molecular flexibility index (Phi) is 1.27. The zero-order valence-corrected chi connectivity index (χ0v) is 7.81. The largest absolute Gasteiger partial charge is 0.298 e. The minimum atomic E-state index is -0.113. The standard InChI is InChI=1S/C10H13ClO/c11-9-8(12)5-10(9,6-1-2-6)7-3-4-7/h6-7,9H,1-5H2. The lowest BCUT2D eigenvalue weighted by Gasteiger charge is -2.46. The first-order valence-electron chi connectivity index (χ1n) is 4.92. The SMILES string of the molecule is O=C1CC(C2CC2)(C2CC2)C1Cl. The number of carbonyl (C=O) groups excluding carboxylic acids is 1. The number of halogens is 1. The first-order valence-corrected chi connectivity index (χ1v) is 5.35. The van der Waals surface area contributed by atoms with E-state index in [1.807, 2.05) is 0 Å². The number of Topliss-reactive ketones (excluding diaryl/α,β-unsaturated/α-hetero) is 1. The molecule has 3 fully saturated rings. The van der Waals surface area contributed by atoms with Gasteiger partial charge in [0.15, 0.2) is 5.78 Å². The molecule has 1 nitrogen and oxygen atoms in total. The van der Waals surface area contributed by atoms with Crippen LogP contribution in [0, 0.1) is 17.3 Å². The first kappa shape index (κ1) is 7.37. The molecular formula is C10H13ClO. The summed E-state index contributed by atoms with van der Waals surface area (Å²) >= 11 is 6.14. The van der Waals surface area contributed by atoms with Gasteiger partial charge in [-0.25, -0.2) is 0 Å². The molecule has 1 atom stereocenters. The molecule has 3 aliphatic carbocycles. The van der Waals surface area contributed by atoms with E-state index in [4.69, 9.17) is 11.6 Å². The van der Waals surface area contributed by atoms with E-state index in [0.29, 0.717) is 11.2 Å². The highest BCUT2D eigenvalue weighted by molar-refractivity contribution is 6.34. The maximum atomic E-state index is 11.2. The molecule has 0 heterocycles. The van der Waals surface area contributed by atoms with Crippen molar-refractivity contribution in [2.45, 2.75) is 37.5 Å². The summed E-state index contributed by atoms with van der Waals surface area (Å²) in [7, 11) is 0. The van der Waals surface area contributed by atoms with Crippen molar-refractivity contribution in [3.05, 3.63) is 0 Å². The molecular weight excluding hydrogens is 172 g/mol. The van der Waals surface area contributed by atoms with Gasteiger partial charge in [0.25, 0.3) is 0 Å². The third-order valence-corrected chi connectivity index (χ3v) is 4.56. The lowest BCUT2D eigenvalue weighted by atomic mass is 9.61. The molecule has 0 amide bonds. The molecule has 1 unspecified atom stereocenters. The number of alkyl halides is 1. The van der Waals surface area contributed by atoms with Crippen molar-refractivity contribution >= 4 is 17.4 Å². The number of hydrogen-bond acceptors (Lipinski definition) is 1. The van der Waals surface area contributed by atoms with E-state index >= 15 is 0 Å². The molecule has 0 N–H and O–H groups in total. The van der Waals surface area contributed by atoms with Crippen LogP contribution in [0.1, 0.15) is 32.1 Å². The smallest absolute Gasteiger partial charge is 0.151 e. The Morgan fingerprint density at radius 1 is 1.17 bits per heavy atom. The van der Waals surface area contributed by atoms with E-state index in [0.717, 1.165) is 18.3 Å². The number of hydrogen-bond donors (Lipinski definition) is 0. The summed E-state index contributed by atoms with van der Waals surface area (Å²) in [6, 6.07) is 0. The Labute approximate surface area is 77.5 Å². The third-order valence-electron chi connectivity index (χ3n) is 3.91. The van der Waals surface area contributed by atoms with Crippen molar-refractivity contribution in [1.82, 2.24) is 0 Å². The Balaban J connectivity index is 1.88. The third kappa shape index (κ3) is 0.736. The highest BCUT2D eigenvalue weighted by Crippen LogP contribution is 2.67. The fourth-order valence-electron chi connectivity index (χ4n) is 2.93. The molecule has 0 spiro atoms. The molecule has 0 saturated heterocycles. The Bertz CT molecular complexity index is 228. The van der Waals surface area contributed by atoms with Gasteiger partial charge in [-0.1, -0.05) is 0 Å². The van der Waals surface area contributed by atoms with E-state index in [1.54, 1.807) is 0 Å². The monoisotopic (exact) mass is 184 g/mol. The van der Waals surface area contributed by atoms with Gasteiger partial charge < -0.3 is 0 Å². The normalized spacial score (nSPS) is 39.4. The quantitative estimate of drug-likeness (QED) is 0.603. The Morgan fingerprint density at radius 3 is 1.92 bits per heavy atom. The highest BCUT2D eigenvalue weighted by atomic mass is 35.5. The summed E-state index contributed by atoms with van der Waals surface area (Å²) in [4.78, 5) is 11.2. The van der Waals surface area contributed by atoms with Crippen molar-refractivity contribution in [2.24, 2.45) is 17.3 Å². The van der Waals surface area contributed by atoms with Gasteiger partial charge in [0, 0.05) is 11.8 Å². The molecule has 12 heavy (non-hydrogen) atoms. The van der Waals surface area contributed by atoms with Crippen LogP contribution in [0.3, 0.4) is 0 Å². The van der Waals surface area contributed by atoms with E-state index in [2.05, 4.69) is 0 Å². The summed E-state index contributed by atoms with van der Waals surface area (Å²) in [5.74, 6) is 1.92. The van der Waals surface area contributed by atoms with Crippen molar-refractivity contribution in [1.29, 1.82) is 0 Å². The average Bonchev–Trinajstić information content (AvgIpc) is 2.86. The number of ketones is 1. The van der Waals surface area contributed by atoms with Gasteiger partial charge in [0.1, 0.15) is 0 Å². The van der Waals surface area contributed by atoms with Gasteiger partial charge >= 0.3 is 0 Å². The molecule has 0 aromatic heterocycles. The van der Waals surface area contributed by atoms with Gasteiger partial charge in [-0.05, 0) is 37.5 Å². The van der Waals surface area contributed by atoms with E-state index < -0.39 is 0 Å². The molecule has 0 aliphatic heterocycles. The molecule has 0 radical (unpaired) electrons. The van der Waals surface area contributed by atoms with Crippen LogP contribution < -0.4 is 0 Å². The van der Waals surface area contributed by atoms with Crippen molar-refractivity contribution in [2.75, 3.05) is 0 Å². The summed E-state index contributed by atoms with van der Waals surface area (Å²) in [6.45, 7) is 0. The van der Waals surface area contributed by atoms with E-state index in [-0.39, 0.29) is 5.38 Å². The van der Waals surface area contributed by atoms with Crippen molar-refractivity contribution < 1.29 is 4.79 Å². The van der Waals surface area contributed by atoms with Crippen molar-refractivity contribution in [3.8, 4) is 0 Å². The summed E-state index contributed by atoms with van der Waals surface area (Å²) in [5, 5.41) is -0.113. The first-order chi connectivity index (χ1) is 5.75. The van der Waals surface area contributed by atoms with Gasteiger partial charge in [-0.2, -0.15) is 0 Å². The fraction of sp³-hybridized carbons (Fsp3) is 0.900. The van der Waals surface area contributed by atoms with Gasteiger partial charge in [-0.3, -0.25) is 4.79 Å². The second-order valence-corrected chi connectivity index (χ2v) is 5.10. The maximum Gasteiger partial charge on any atom is 0.151 e. The second kappa shape index (κ2) is 2.06. The fourth-order valence-corrected chi connectivity index (χ4v) is 3.44. The molecule has 66 valence electrons. The van der Waals surface area contributed by atoms with Crippen LogP contribution >= 0.6 is 11.6 Å². The molecule has 0 aromatic carbocycles. The highest BCUT2D eigenvalue weighted by Gasteiger charge is 2.65.